The molecular weight excluding hydrogens is 634 g/mol. The minimum Gasteiger partial charge on any atom is -0.493 e. The second-order valence-electron chi connectivity index (χ2n) is 7.53. The van der Waals surface area contributed by atoms with Crippen molar-refractivity contribution in [3.63, 3.8) is 0 Å². The minimum atomic E-state index is -0.361. The molecule has 6 nitrogen and oxygen atoms in total. The van der Waals surface area contributed by atoms with Crippen LogP contribution in [0.1, 0.15) is 11.1 Å². The first-order valence-corrected chi connectivity index (χ1v) is 13.5. The molecule has 1 aliphatic rings. The minimum absolute atomic E-state index is 0.127. The maximum atomic E-state index is 12.9. The van der Waals surface area contributed by atoms with Crippen LogP contribution in [0.2, 0.25) is 5.02 Å². The van der Waals surface area contributed by atoms with E-state index in [0.717, 1.165) is 22.9 Å². The average Bonchev–Trinajstić information content (AvgIpc) is 3.12. The van der Waals surface area contributed by atoms with E-state index in [4.69, 9.17) is 25.8 Å². The number of para-hydroxylation sites is 2. The van der Waals surface area contributed by atoms with E-state index in [9.17, 15) is 9.59 Å². The van der Waals surface area contributed by atoms with Crippen molar-refractivity contribution in [3.05, 3.63) is 90.7 Å². The highest BCUT2D eigenvalue weighted by molar-refractivity contribution is 9.11. The first-order chi connectivity index (χ1) is 17.4. The number of benzene rings is 3. The lowest BCUT2D eigenvalue weighted by atomic mass is 10.2. The number of carbonyl (C=O) groups excluding carboxylic acids is 2. The van der Waals surface area contributed by atoms with Crippen LogP contribution in [0.4, 0.5) is 4.79 Å². The van der Waals surface area contributed by atoms with Gasteiger partial charge in [-0.1, -0.05) is 41.9 Å². The Labute approximate surface area is 234 Å². The Hall–Kier alpha value is -2.46. The Morgan fingerprint density at radius 3 is 2.33 bits per heavy atom. The zero-order valence-corrected chi connectivity index (χ0v) is 23.7. The van der Waals surface area contributed by atoms with E-state index in [1.54, 1.807) is 25.3 Å². The molecule has 3 aromatic rings. The lowest BCUT2D eigenvalue weighted by molar-refractivity contribution is -0.123. The van der Waals surface area contributed by atoms with E-state index in [2.05, 4.69) is 31.9 Å². The largest absolute Gasteiger partial charge is 0.493 e. The van der Waals surface area contributed by atoms with Gasteiger partial charge in [-0.15, -0.1) is 0 Å². The Morgan fingerprint density at radius 1 is 0.972 bits per heavy atom. The molecule has 2 amide bonds. The summed E-state index contributed by atoms with van der Waals surface area (Å²) >= 11 is 14.2. The van der Waals surface area contributed by atoms with Crippen LogP contribution < -0.4 is 14.2 Å². The van der Waals surface area contributed by atoms with Gasteiger partial charge in [-0.25, -0.2) is 0 Å². The van der Waals surface area contributed by atoms with Crippen molar-refractivity contribution >= 4 is 72.4 Å². The maximum absolute atomic E-state index is 12.9. The molecule has 0 radical (unpaired) electrons. The Kier molecular flexibility index (Phi) is 9.00. The van der Waals surface area contributed by atoms with Gasteiger partial charge in [-0.05, 0) is 85.6 Å². The number of nitrogens with zero attached hydrogens (tertiary/aromatic N) is 1. The van der Waals surface area contributed by atoms with Gasteiger partial charge in [0.25, 0.3) is 11.1 Å². The zero-order chi connectivity index (χ0) is 25.7. The van der Waals surface area contributed by atoms with Gasteiger partial charge in [-0.3, -0.25) is 14.5 Å². The highest BCUT2D eigenvalue weighted by Crippen LogP contribution is 2.38. The Balaban J connectivity index is 1.41. The molecule has 1 aliphatic heterocycles. The molecule has 0 bridgehead atoms. The molecule has 0 unspecified atom stereocenters. The number of hydrogen-bond donors (Lipinski definition) is 0. The second-order valence-corrected chi connectivity index (χ2v) is 10.6. The number of ether oxygens (including phenoxy) is 3. The van der Waals surface area contributed by atoms with E-state index in [1.807, 2.05) is 48.5 Å². The van der Waals surface area contributed by atoms with E-state index in [0.29, 0.717) is 42.7 Å². The van der Waals surface area contributed by atoms with E-state index in [1.165, 1.54) is 4.90 Å². The molecule has 1 saturated heterocycles. The van der Waals surface area contributed by atoms with Crippen molar-refractivity contribution in [2.24, 2.45) is 0 Å². The fraction of sp³-hybridized carbons (Fsp3) is 0.154. The summed E-state index contributed by atoms with van der Waals surface area (Å²) in [6, 6.07) is 18.3. The van der Waals surface area contributed by atoms with Crippen LogP contribution in [-0.4, -0.2) is 36.3 Å². The van der Waals surface area contributed by atoms with E-state index < -0.39 is 0 Å². The molecule has 186 valence electrons. The second kappa shape index (κ2) is 12.2. The SMILES string of the molecule is COc1ccccc1OCCN1C(=O)S/C(=C\c2cc(Br)c(OCc3ccccc3Cl)c(Br)c2)C1=O. The number of thioether (sulfide) groups is 1. The molecular formula is C26H20Br2ClNO5S. The first kappa shape index (κ1) is 26.6. The van der Waals surface area contributed by atoms with Crippen molar-refractivity contribution in [1.82, 2.24) is 4.90 Å². The fourth-order valence-corrected chi connectivity index (χ4v) is 5.90. The number of amides is 2. The van der Waals surface area contributed by atoms with Gasteiger partial charge >= 0.3 is 0 Å². The summed E-state index contributed by atoms with van der Waals surface area (Å²) < 4.78 is 18.3. The van der Waals surface area contributed by atoms with Gasteiger partial charge in [0.2, 0.25) is 0 Å². The normalized spacial score (nSPS) is 14.4. The number of carbonyl (C=O) groups is 2. The summed E-state index contributed by atoms with van der Waals surface area (Å²) in [5.41, 5.74) is 1.60. The number of halogens is 3. The number of imide groups is 1. The van der Waals surface area contributed by atoms with Crippen molar-refractivity contribution in [2.45, 2.75) is 6.61 Å². The molecule has 0 aromatic heterocycles. The van der Waals surface area contributed by atoms with E-state index in [-0.39, 0.29) is 24.3 Å². The van der Waals surface area contributed by atoms with Gasteiger partial charge in [-0.2, -0.15) is 0 Å². The molecule has 36 heavy (non-hydrogen) atoms. The van der Waals surface area contributed by atoms with Crippen molar-refractivity contribution < 1.29 is 23.8 Å². The molecule has 1 heterocycles. The molecule has 3 aromatic carbocycles. The number of rotatable bonds is 9. The lowest BCUT2D eigenvalue weighted by Crippen LogP contribution is -2.32. The molecule has 0 spiro atoms. The Bertz CT molecular complexity index is 1310. The van der Waals surface area contributed by atoms with Crippen LogP contribution in [0.25, 0.3) is 6.08 Å². The van der Waals surface area contributed by atoms with Crippen molar-refractivity contribution in [2.75, 3.05) is 20.3 Å². The summed E-state index contributed by atoms with van der Waals surface area (Å²) in [6.45, 7) is 0.578. The van der Waals surface area contributed by atoms with Crippen LogP contribution in [0.15, 0.2) is 74.5 Å². The van der Waals surface area contributed by atoms with Crippen LogP contribution in [0.5, 0.6) is 17.2 Å². The molecule has 0 aliphatic carbocycles. The molecule has 10 heteroatoms. The average molecular weight is 654 g/mol. The number of methoxy groups -OCH3 is 1. The predicted octanol–water partition coefficient (Wildman–Crippen LogP) is 7.57. The van der Waals surface area contributed by atoms with Gasteiger partial charge < -0.3 is 14.2 Å². The summed E-state index contributed by atoms with van der Waals surface area (Å²) in [7, 11) is 1.55. The highest BCUT2D eigenvalue weighted by atomic mass is 79.9. The highest BCUT2D eigenvalue weighted by Gasteiger charge is 2.35. The standard InChI is InChI=1S/C26H20Br2ClNO5S/c1-33-21-8-4-5-9-22(21)34-11-10-30-25(31)23(36-26(30)32)14-16-12-18(27)24(19(28)13-16)35-15-17-6-2-3-7-20(17)29/h2-9,12-14H,10-11,15H2,1H3/b23-14-. The van der Waals surface area contributed by atoms with E-state index >= 15 is 0 Å². The molecule has 0 N–H and O–H groups in total. The Morgan fingerprint density at radius 2 is 1.64 bits per heavy atom. The van der Waals surface area contributed by atoms with Crippen LogP contribution in [-0.2, 0) is 11.4 Å². The first-order valence-electron chi connectivity index (χ1n) is 10.7. The molecule has 0 saturated carbocycles. The number of hydrogen-bond acceptors (Lipinski definition) is 6. The summed E-state index contributed by atoms with van der Waals surface area (Å²) in [4.78, 5) is 26.9. The van der Waals surface area contributed by atoms with Crippen LogP contribution in [0, 0.1) is 0 Å². The monoisotopic (exact) mass is 651 g/mol. The molecule has 0 atom stereocenters. The van der Waals surface area contributed by atoms with Gasteiger partial charge in [0.1, 0.15) is 19.0 Å². The van der Waals surface area contributed by atoms with Gasteiger partial charge in [0.15, 0.2) is 11.5 Å². The van der Waals surface area contributed by atoms with Crippen LogP contribution in [0.3, 0.4) is 0 Å². The third-order valence-corrected chi connectivity index (χ3v) is 7.62. The zero-order valence-electron chi connectivity index (χ0n) is 19.0. The quantitative estimate of drug-likeness (QED) is 0.222. The van der Waals surface area contributed by atoms with Gasteiger partial charge in [0, 0.05) is 10.6 Å². The molecule has 4 rings (SSSR count). The predicted molar refractivity (Wildman–Crippen MR) is 149 cm³/mol. The third-order valence-electron chi connectivity index (χ3n) is 5.16. The summed E-state index contributed by atoms with van der Waals surface area (Å²) in [5, 5.41) is 0.290. The topological polar surface area (TPSA) is 65.1 Å². The van der Waals surface area contributed by atoms with Crippen molar-refractivity contribution in [1.29, 1.82) is 0 Å². The van der Waals surface area contributed by atoms with Crippen LogP contribution >= 0.6 is 55.2 Å². The fourth-order valence-electron chi connectivity index (χ4n) is 3.40. The van der Waals surface area contributed by atoms with Crippen molar-refractivity contribution in [3.8, 4) is 17.2 Å². The summed E-state index contributed by atoms with van der Waals surface area (Å²) in [6.07, 6.45) is 1.68. The maximum Gasteiger partial charge on any atom is 0.293 e. The lowest BCUT2D eigenvalue weighted by Gasteiger charge is -2.14. The third kappa shape index (κ3) is 6.26. The summed E-state index contributed by atoms with van der Waals surface area (Å²) in [5.74, 6) is 1.38. The van der Waals surface area contributed by atoms with Gasteiger partial charge in [0.05, 0.1) is 27.5 Å². The smallest absolute Gasteiger partial charge is 0.293 e. The molecule has 1 fully saturated rings.